The molecule has 1 saturated carbocycles. The van der Waals surface area contributed by atoms with Crippen LogP contribution in [0, 0.1) is 0 Å². The molecule has 0 radical (unpaired) electrons. The second kappa shape index (κ2) is 5.55. The molecule has 0 unspecified atom stereocenters. The fourth-order valence-corrected chi connectivity index (χ4v) is 3.33. The van der Waals surface area contributed by atoms with Gasteiger partial charge in [-0.2, -0.15) is 0 Å². The van der Waals surface area contributed by atoms with E-state index >= 15 is 0 Å². The number of nitrogens with zero attached hydrogens (tertiary/aromatic N) is 2. The van der Waals surface area contributed by atoms with E-state index < -0.39 is 0 Å². The van der Waals surface area contributed by atoms with E-state index in [4.69, 9.17) is 0 Å². The SMILES string of the molecule is CN1C(=O)c2ccc(C(=O)N(C)C3CCCCC3)cc2C1=O. The first-order chi connectivity index (χ1) is 10.5. The lowest BCUT2D eigenvalue weighted by Gasteiger charge is -2.31. The van der Waals surface area contributed by atoms with Gasteiger partial charge in [0.1, 0.15) is 0 Å². The third-order valence-corrected chi connectivity index (χ3v) is 4.78. The molecule has 1 heterocycles. The highest BCUT2D eigenvalue weighted by molar-refractivity contribution is 6.21. The summed E-state index contributed by atoms with van der Waals surface area (Å²) in [5, 5.41) is 0. The summed E-state index contributed by atoms with van der Waals surface area (Å²) < 4.78 is 0. The van der Waals surface area contributed by atoms with E-state index in [0.29, 0.717) is 16.7 Å². The van der Waals surface area contributed by atoms with Gasteiger partial charge < -0.3 is 4.90 Å². The van der Waals surface area contributed by atoms with Crippen LogP contribution in [-0.2, 0) is 0 Å². The minimum absolute atomic E-state index is 0.0792. The smallest absolute Gasteiger partial charge is 0.261 e. The van der Waals surface area contributed by atoms with Crippen LogP contribution in [0.2, 0.25) is 0 Å². The van der Waals surface area contributed by atoms with Crippen molar-refractivity contribution in [2.45, 2.75) is 38.1 Å². The predicted octanol–water partition coefficient (Wildman–Crippen LogP) is 2.32. The molecule has 0 spiro atoms. The van der Waals surface area contributed by atoms with E-state index in [1.165, 1.54) is 13.5 Å². The molecule has 0 bridgehead atoms. The lowest BCUT2D eigenvalue weighted by atomic mass is 9.94. The molecule has 5 heteroatoms. The first kappa shape index (κ1) is 14.8. The number of imide groups is 1. The Morgan fingerprint density at radius 1 is 1.09 bits per heavy atom. The van der Waals surface area contributed by atoms with Crippen LogP contribution in [-0.4, -0.2) is 47.7 Å². The molecule has 116 valence electrons. The van der Waals surface area contributed by atoms with Gasteiger partial charge in [0.05, 0.1) is 11.1 Å². The van der Waals surface area contributed by atoms with Gasteiger partial charge in [-0.05, 0) is 31.0 Å². The minimum atomic E-state index is -0.338. The van der Waals surface area contributed by atoms with Crippen LogP contribution in [0.3, 0.4) is 0 Å². The summed E-state index contributed by atoms with van der Waals surface area (Å²) in [4.78, 5) is 39.4. The Bertz CT molecular complexity index is 647. The Kier molecular flexibility index (Phi) is 3.72. The fraction of sp³-hybridized carbons (Fsp3) is 0.471. The molecule has 0 N–H and O–H groups in total. The summed E-state index contributed by atoms with van der Waals surface area (Å²) in [5.41, 5.74) is 1.18. The zero-order valence-electron chi connectivity index (χ0n) is 13.0. The summed E-state index contributed by atoms with van der Waals surface area (Å²) >= 11 is 0. The third-order valence-electron chi connectivity index (χ3n) is 4.78. The number of hydrogen-bond acceptors (Lipinski definition) is 3. The fourth-order valence-electron chi connectivity index (χ4n) is 3.33. The third kappa shape index (κ3) is 2.30. The number of fused-ring (bicyclic) bond motifs is 1. The van der Waals surface area contributed by atoms with Crippen LogP contribution in [0.5, 0.6) is 0 Å². The van der Waals surface area contributed by atoms with Crippen molar-refractivity contribution in [3.05, 3.63) is 34.9 Å². The second-order valence-corrected chi connectivity index (χ2v) is 6.14. The van der Waals surface area contributed by atoms with Gasteiger partial charge in [0.25, 0.3) is 17.7 Å². The normalized spacial score (nSPS) is 18.5. The summed E-state index contributed by atoms with van der Waals surface area (Å²) in [6.45, 7) is 0. The van der Waals surface area contributed by atoms with Crippen LogP contribution < -0.4 is 0 Å². The Labute approximate surface area is 129 Å². The molecular formula is C17H20N2O3. The highest BCUT2D eigenvalue weighted by Gasteiger charge is 2.33. The van der Waals surface area contributed by atoms with Gasteiger partial charge in [0.2, 0.25) is 0 Å². The summed E-state index contributed by atoms with van der Waals surface area (Å²) in [6.07, 6.45) is 5.62. The molecular weight excluding hydrogens is 280 g/mol. The van der Waals surface area contributed by atoms with Crippen molar-refractivity contribution in [3.63, 3.8) is 0 Å². The number of hydrogen-bond donors (Lipinski definition) is 0. The molecule has 1 aliphatic heterocycles. The maximum Gasteiger partial charge on any atom is 0.261 e. The average molecular weight is 300 g/mol. The van der Waals surface area contributed by atoms with Gasteiger partial charge in [-0.3, -0.25) is 19.3 Å². The molecule has 2 aliphatic rings. The van der Waals surface area contributed by atoms with Gasteiger partial charge in [0.15, 0.2) is 0 Å². The quantitative estimate of drug-likeness (QED) is 0.788. The Balaban J connectivity index is 1.85. The first-order valence-corrected chi connectivity index (χ1v) is 7.74. The molecule has 1 aliphatic carbocycles. The van der Waals surface area contributed by atoms with Crippen molar-refractivity contribution in [2.75, 3.05) is 14.1 Å². The van der Waals surface area contributed by atoms with Crippen LogP contribution in [0.15, 0.2) is 18.2 Å². The Morgan fingerprint density at radius 3 is 2.41 bits per heavy atom. The maximum atomic E-state index is 12.6. The van der Waals surface area contributed by atoms with Crippen molar-refractivity contribution < 1.29 is 14.4 Å². The van der Waals surface area contributed by atoms with Crippen molar-refractivity contribution in [2.24, 2.45) is 0 Å². The van der Waals surface area contributed by atoms with Crippen LogP contribution in [0.1, 0.15) is 63.2 Å². The van der Waals surface area contributed by atoms with Crippen LogP contribution in [0.4, 0.5) is 0 Å². The van der Waals surface area contributed by atoms with E-state index in [-0.39, 0.29) is 23.8 Å². The number of carbonyl (C=O) groups excluding carboxylic acids is 3. The van der Waals surface area contributed by atoms with Crippen LogP contribution >= 0.6 is 0 Å². The first-order valence-electron chi connectivity index (χ1n) is 7.74. The van der Waals surface area contributed by atoms with Gasteiger partial charge in [-0.1, -0.05) is 19.3 Å². The van der Waals surface area contributed by atoms with Gasteiger partial charge in [-0.15, -0.1) is 0 Å². The van der Waals surface area contributed by atoms with Crippen molar-refractivity contribution in [3.8, 4) is 0 Å². The molecule has 1 fully saturated rings. The summed E-state index contributed by atoms with van der Waals surface area (Å²) in [7, 11) is 3.28. The van der Waals surface area contributed by atoms with Gasteiger partial charge in [-0.25, -0.2) is 0 Å². The van der Waals surface area contributed by atoms with Crippen LogP contribution in [0.25, 0.3) is 0 Å². The number of carbonyl (C=O) groups is 3. The summed E-state index contributed by atoms with van der Waals surface area (Å²) in [6, 6.07) is 5.06. The standard InChI is InChI=1S/C17H20N2O3/c1-18(12-6-4-3-5-7-12)15(20)11-8-9-13-14(10-11)17(22)19(2)16(13)21/h8-10,12H,3-7H2,1-2H3. The number of rotatable bonds is 2. The lowest BCUT2D eigenvalue weighted by Crippen LogP contribution is -2.38. The monoisotopic (exact) mass is 300 g/mol. The largest absolute Gasteiger partial charge is 0.339 e. The topological polar surface area (TPSA) is 57.7 Å². The Hall–Kier alpha value is -2.17. The van der Waals surface area contributed by atoms with E-state index in [0.717, 1.165) is 30.6 Å². The second-order valence-electron chi connectivity index (χ2n) is 6.14. The highest BCUT2D eigenvalue weighted by Crippen LogP contribution is 2.26. The molecule has 1 aromatic rings. The molecule has 1 aromatic carbocycles. The predicted molar refractivity (Wildman–Crippen MR) is 81.8 cm³/mol. The van der Waals surface area contributed by atoms with E-state index in [1.54, 1.807) is 23.1 Å². The maximum absolute atomic E-state index is 12.6. The highest BCUT2D eigenvalue weighted by atomic mass is 16.2. The van der Waals surface area contributed by atoms with E-state index in [1.807, 2.05) is 7.05 Å². The van der Waals surface area contributed by atoms with Crippen molar-refractivity contribution in [1.29, 1.82) is 0 Å². The molecule has 3 rings (SSSR count). The molecule has 3 amide bonds. The number of benzene rings is 1. The molecule has 22 heavy (non-hydrogen) atoms. The minimum Gasteiger partial charge on any atom is -0.339 e. The zero-order chi connectivity index (χ0) is 15.9. The van der Waals surface area contributed by atoms with E-state index in [9.17, 15) is 14.4 Å². The molecule has 0 atom stereocenters. The van der Waals surface area contributed by atoms with Crippen molar-refractivity contribution >= 4 is 17.7 Å². The molecule has 0 saturated heterocycles. The molecule has 5 nitrogen and oxygen atoms in total. The lowest BCUT2D eigenvalue weighted by molar-refractivity contribution is 0.0687. The molecule has 0 aromatic heterocycles. The van der Waals surface area contributed by atoms with Crippen molar-refractivity contribution in [1.82, 2.24) is 9.80 Å². The van der Waals surface area contributed by atoms with E-state index in [2.05, 4.69) is 0 Å². The average Bonchev–Trinajstić information content (AvgIpc) is 2.78. The zero-order valence-corrected chi connectivity index (χ0v) is 13.0. The van der Waals surface area contributed by atoms with Gasteiger partial charge >= 0.3 is 0 Å². The van der Waals surface area contributed by atoms with Gasteiger partial charge in [0, 0.05) is 25.7 Å². The Morgan fingerprint density at radius 2 is 1.73 bits per heavy atom. The number of amides is 3. The summed E-state index contributed by atoms with van der Waals surface area (Å²) in [5.74, 6) is -0.723.